The zero-order valence-electron chi connectivity index (χ0n) is 13.3. The predicted molar refractivity (Wildman–Crippen MR) is 93.3 cm³/mol. The van der Waals surface area contributed by atoms with Crippen molar-refractivity contribution in [1.29, 1.82) is 0 Å². The van der Waals surface area contributed by atoms with E-state index in [-0.39, 0.29) is 23.2 Å². The van der Waals surface area contributed by atoms with Crippen molar-refractivity contribution in [3.8, 4) is 0 Å². The normalized spacial score (nSPS) is 11.4. The molecule has 0 aliphatic heterocycles. The number of hydrogen-bond acceptors (Lipinski definition) is 7. The van der Waals surface area contributed by atoms with Crippen LogP contribution in [0.5, 0.6) is 0 Å². The van der Waals surface area contributed by atoms with E-state index < -0.39 is 9.84 Å². The van der Waals surface area contributed by atoms with Crippen LogP contribution < -0.4 is 5.32 Å². The quantitative estimate of drug-likeness (QED) is 0.707. The number of benzene rings is 1. The van der Waals surface area contributed by atoms with Gasteiger partial charge in [-0.1, -0.05) is 23.3 Å². The molecule has 0 spiro atoms. The van der Waals surface area contributed by atoms with E-state index >= 15 is 0 Å². The smallest absolute Gasteiger partial charge is 0.322 e. The monoisotopic (exact) mass is 377 g/mol. The van der Waals surface area contributed by atoms with Gasteiger partial charge in [-0.25, -0.2) is 8.42 Å². The molecule has 2 aromatic heterocycles. The molecule has 9 heteroatoms. The zero-order valence-corrected chi connectivity index (χ0v) is 14.9. The number of anilines is 1. The molecule has 0 unspecified atom stereocenters. The van der Waals surface area contributed by atoms with Gasteiger partial charge in [0.1, 0.15) is 0 Å². The fourth-order valence-corrected chi connectivity index (χ4v) is 3.47. The average Bonchev–Trinajstić information content (AvgIpc) is 3.19. The zero-order chi connectivity index (χ0) is 17.9. The highest BCUT2D eigenvalue weighted by Crippen LogP contribution is 2.16. The van der Waals surface area contributed by atoms with Gasteiger partial charge in [-0.05, 0) is 29.1 Å². The fraction of sp³-hybridized carbons (Fsp3) is 0.188. The lowest BCUT2D eigenvalue weighted by atomic mass is 10.1. The van der Waals surface area contributed by atoms with Crippen molar-refractivity contribution >= 4 is 33.1 Å². The summed E-state index contributed by atoms with van der Waals surface area (Å²) in [5.74, 6) is 0.105. The molecule has 0 aliphatic carbocycles. The number of carbonyl (C=O) groups is 1. The second-order valence-corrected chi connectivity index (χ2v) is 8.45. The molecule has 2 heterocycles. The first kappa shape index (κ1) is 17.3. The Bertz CT molecular complexity index is 961. The third kappa shape index (κ3) is 4.74. The minimum Gasteiger partial charge on any atom is -0.407 e. The average molecular weight is 377 g/mol. The van der Waals surface area contributed by atoms with Gasteiger partial charge in [0.2, 0.25) is 11.8 Å². The molecule has 0 atom stereocenters. The Kier molecular flexibility index (Phi) is 4.95. The van der Waals surface area contributed by atoms with E-state index in [1.54, 1.807) is 23.5 Å². The van der Waals surface area contributed by atoms with Crippen LogP contribution >= 0.6 is 11.3 Å². The van der Waals surface area contributed by atoms with E-state index in [0.29, 0.717) is 17.9 Å². The summed E-state index contributed by atoms with van der Waals surface area (Å²) in [5.41, 5.74) is 0.684. The Morgan fingerprint density at radius 1 is 1.20 bits per heavy atom. The molecule has 0 aliphatic rings. The SMILES string of the molecule is CS(=O)(=O)c1ccc(CC(=O)Nc2nnc(Cc3cccs3)o2)cc1. The maximum atomic E-state index is 12.0. The molecule has 7 nitrogen and oxygen atoms in total. The summed E-state index contributed by atoms with van der Waals surface area (Å²) in [6.07, 6.45) is 1.73. The third-order valence-electron chi connectivity index (χ3n) is 3.33. The molecule has 25 heavy (non-hydrogen) atoms. The maximum absolute atomic E-state index is 12.0. The number of sulfone groups is 1. The number of amides is 1. The van der Waals surface area contributed by atoms with Crippen molar-refractivity contribution in [3.63, 3.8) is 0 Å². The lowest BCUT2D eigenvalue weighted by molar-refractivity contribution is -0.115. The summed E-state index contributed by atoms with van der Waals surface area (Å²) >= 11 is 1.59. The van der Waals surface area contributed by atoms with E-state index in [2.05, 4.69) is 15.5 Å². The molecule has 3 rings (SSSR count). The van der Waals surface area contributed by atoms with Gasteiger partial charge in [0.05, 0.1) is 17.7 Å². The van der Waals surface area contributed by atoms with E-state index in [1.807, 2.05) is 17.5 Å². The minimum atomic E-state index is -3.25. The number of nitrogens with zero attached hydrogens (tertiary/aromatic N) is 2. The largest absolute Gasteiger partial charge is 0.407 e. The van der Waals surface area contributed by atoms with E-state index in [4.69, 9.17) is 4.42 Å². The Morgan fingerprint density at radius 2 is 1.96 bits per heavy atom. The molecule has 1 aromatic carbocycles. The van der Waals surface area contributed by atoms with Crippen molar-refractivity contribution in [2.24, 2.45) is 0 Å². The van der Waals surface area contributed by atoms with Crippen LogP contribution in [-0.4, -0.2) is 30.8 Å². The summed E-state index contributed by atoms with van der Waals surface area (Å²) in [7, 11) is -3.25. The van der Waals surface area contributed by atoms with E-state index in [9.17, 15) is 13.2 Å². The van der Waals surface area contributed by atoms with Gasteiger partial charge in [0.15, 0.2) is 9.84 Å². The number of aromatic nitrogens is 2. The van der Waals surface area contributed by atoms with Crippen LogP contribution in [0.4, 0.5) is 6.01 Å². The molecule has 0 saturated carbocycles. The molecule has 1 N–H and O–H groups in total. The molecular formula is C16H15N3O4S2. The van der Waals surface area contributed by atoms with Crippen molar-refractivity contribution in [2.75, 3.05) is 11.6 Å². The van der Waals surface area contributed by atoms with Crippen molar-refractivity contribution < 1.29 is 17.6 Å². The van der Waals surface area contributed by atoms with Crippen LogP contribution in [-0.2, 0) is 27.5 Å². The van der Waals surface area contributed by atoms with Crippen LogP contribution in [0.2, 0.25) is 0 Å². The van der Waals surface area contributed by atoms with E-state index in [1.165, 1.54) is 12.1 Å². The first-order valence-electron chi connectivity index (χ1n) is 7.34. The van der Waals surface area contributed by atoms with Crippen LogP contribution in [0, 0.1) is 0 Å². The van der Waals surface area contributed by atoms with Gasteiger partial charge in [-0.15, -0.1) is 16.4 Å². The van der Waals surface area contributed by atoms with Crippen molar-refractivity contribution in [1.82, 2.24) is 10.2 Å². The fourth-order valence-electron chi connectivity index (χ4n) is 2.14. The number of thiophene rings is 1. The first-order chi connectivity index (χ1) is 11.9. The Morgan fingerprint density at radius 3 is 2.60 bits per heavy atom. The lowest BCUT2D eigenvalue weighted by Gasteiger charge is -2.03. The van der Waals surface area contributed by atoms with Crippen LogP contribution in [0.3, 0.4) is 0 Å². The summed E-state index contributed by atoms with van der Waals surface area (Å²) in [5, 5.41) is 12.2. The van der Waals surface area contributed by atoms with Gasteiger partial charge in [-0.2, -0.15) is 0 Å². The molecule has 1 amide bonds. The number of nitrogens with one attached hydrogen (secondary N) is 1. The predicted octanol–water partition coefficient (Wildman–Crippen LogP) is 2.31. The first-order valence-corrected chi connectivity index (χ1v) is 10.1. The topological polar surface area (TPSA) is 102 Å². The van der Waals surface area contributed by atoms with Crippen LogP contribution in [0.1, 0.15) is 16.3 Å². The summed E-state index contributed by atoms with van der Waals surface area (Å²) in [6, 6.07) is 10.1. The molecule has 0 fully saturated rings. The summed E-state index contributed by atoms with van der Waals surface area (Å²) in [6.45, 7) is 0. The van der Waals surface area contributed by atoms with Crippen molar-refractivity contribution in [3.05, 3.63) is 58.1 Å². The highest BCUT2D eigenvalue weighted by molar-refractivity contribution is 7.90. The number of rotatable bonds is 6. The number of hydrogen-bond donors (Lipinski definition) is 1. The van der Waals surface area contributed by atoms with Gasteiger partial charge in [0.25, 0.3) is 0 Å². The van der Waals surface area contributed by atoms with Crippen LogP contribution in [0.15, 0.2) is 51.1 Å². The Balaban J connectivity index is 1.58. The second-order valence-electron chi connectivity index (χ2n) is 5.40. The molecule has 130 valence electrons. The lowest BCUT2D eigenvalue weighted by Crippen LogP contribution is -2.14. The van der Waals surface area contributed by atoms with Gasteiger partial charge >= 0.3 is 6.01 Å². The van der Waals surface area contributed by atoms with Gasteiger partial charge in [0, 0.05) is 11.1 Å². The Labute approximate surface area is 148 Å². The molecule has 3 aromatic rings. The van der Waals surface area contributed by atoms with Crippen LogP contribution in [0.25, 0.3) is 0 Å². The third-order valence-corrected chi connectivity index (χ3v) is 5.34. The highest BCUT2D eigenvalue weighted by Gasteiger charge is 2.12. The molecule has 0 saturated heterocycles. The summed E-state index contributed by atoms with van der Waals surface area (Å²) in [4.78, 5) is 13.3. The van der Waals surface area contributed by atoms with Gasteiger partial charge in [-0.3, -0.25) is 10.1 Å². The molecule has 0 bridgehead atoms. The standard InChI is InChI=1S/C16H15N3O4S2/c1-25(21,22)13-6-4-11(5-7-13)9-14(20)17-16-19-18-15(23-16)10-12-3-2-8-24-12/h2-8H,9-10H2,1H3,(H,17,19,20). The van der Waals surface area contributed by atoms with Gasteiger partial charge < -0.3 is 4.42 Å². The maximum Gasteiger partial charge on any atom is 0.322 e. The highest BCUT2D eigenvalue weighted by atomic mass is 32.2. The number of carbonyl (C=O) groups excluding carboxylic acids is 1. The van der Waals surface area contributed by atoms with Crippen molar-refractivity contribution in [2.45, 2.75) is 17.7 Å². The van der Waals surface area contributed by atoms with E-state index in [0.717, 1.165) is 11.1 Å². The summed E-state index contributed by atoms with van der Waals surface area (Å²) < 4.78 is 28.2. The minimum absolute atomic E-state index is 0.0457. The Hall–Kier alpha value is -2.52. The molecule has 0 radical (unpaired) electrons. The second kappa shape index (κ2) is 7.16. The molecular weight excluding hydrogens is 362 g/mol.